The average molecular weight is 1080 g/mol. The van der Waals surface area contributed by atoms with E-state index in [1.54, 1.807) is 0 Å². The lowest BCUT2D eigenvalue weighted by Gasteiger charge is -2.18. The number of carbonyl (C=O) groups is 3. The molecule has 0 spiro atoms. The molecule has 0 amide bonds. The molecule has 446 valence electrons. The standard InChI is InChI=1S/C71H126O6/c1-4-7-10-13-16-19-22-25-28-31-34-35-38-40-43-46-49-52-55-58-61-64-70(73)76-67-68(77-71(74)65-62-59-56-53-50-47-44-41-37-33-30-27-24-21-18-15-12-9-6-3)66-75-69(72)63-60-57-54-51-48-45-42-39-36-32-29-26-23-20-17-14-11-8-5-2/h9,12,18,21-22,25,27,30-31,34,37,41,68H,4-8,10-11,13-17,19-20,23-24,26,28-29,32-33,35-36,38-40,42-67H2,1-3H3/b12-9-,21-18-,25-22-,30-27-,34-31-,41-37-. The number of esters is 3. The summed E-state index contributed by atoms with van der Waals surface area (Å²) in [5.41, 5.74) is 0. The Morgan fingerprint density at radius 3 is 0.792 bits per heavy atom. The van der Waals surface area contributed by atoms with Gasteiger partial charge in [-0.1, -0.05) is 306 Å². The molecule has 0 fully saturated rings. The molecule has 0 aliphatic rings. The Kier molecular flexibility index (Phi) is 62.7. The number of allylic oxidation sites excluding steroid dienone is 12. The maximum Gasteiger partial charge on any atom is 0.306 e. The molecule has 0 aromatic carbocycles. The fraction of sp³-hybridized carbons (Fsp3) is 0.789. The van der Waals surface area contributed by atoms with Gasteiger partial charge in [0.05, 0.1) is 0 Å². The van der Waals surface area contributed by atoms with Crippen LogP contribution < -0.4 is 0 Å². The fourth-order valence-electron chi connectivity index (χ4n) is 9.70. The first-order chi connectivity index (χ1) is 38.0. The highest BCUT2D eigenvalue weighted by Crippen LogP contribution is 2.17. The lowest BCUT2D eigenvalue weighted by molar-refractivity contribution is -0.167. The smallest absolute Gasteiger partial charge is 0.306 e. The largest absolute Gasteiger partial charge is 0.462 e. The molecule has 0 aliphatic heterocycles. The van der Waals surface area contributed by atoms with Gasteiger partial charge in [-0.25, -0.2) is 0 Å². The highest BCUT2D eigenvalue weighted by atomic mass is 16.6. The van der Waals surface area contributed by atoms with Crippen LogP contribution in [-0.2, 0) is 28.6 Å². The predicted molar refractivity (Wildman–Crippen MR) is 335 cm³/mol. The van der Waals surface area contributed by atoms with E-state index in [1.165, 1.54) is 199 Å². The van der Waals surface area contributed by atoms with E-state index in [1.807, 2.05) is 0 Å². The first-order valence-electron chi connectivity index (χ1n) is 33.4. The first-order valence-corrected chi connectivity index (χ1v) is 33.4. The van der Waals surface area contributed by atoms with Gasteiger partial charge >= 0.3 is 17.9 Å². The van der Waals surface area contributed by atoms with Gasteiger partial charge in [0.2, 0.25) is 0 Å². The minimum atomic E-state index is -0.785. The predicted octanol–water partition coefficient (Wildman–Crippen LogP) is 22.9. The summed E-state index contributed by atoms with van der Waals surface area (Å²) in [4.78, 5) is 38.4. The molecule has 0 saturated heterocycles. The second-order valence-electron chi connectivity index (χ2n) is 22.4. The molecule has 1 atom stereocenters. The van der Waals surface area contributed by atoms with E-state index in [4.69, 9.17) is 14.2 Å². The van der Waals surface area contributed by atoms with Gasteiger partial charge < -0.3 is 14.2 Å². The number of hydrogen-bond donors (Lipinski definition) is 0. The zero-order chi connectivity index (χ0) is 55.7. The monoisotopic (exact) mass is 1070 g/mol. The van der Waals surface area contributed by atoms with Gasteiger partial charge in [0, 0.05) is 19.3 Å². The molecule has 1 unspecified atom stereocenters. The Hall–Kier alpha value is -3.15. The summed E-state index contributed by atoms with van der Waals surface area (Å²) in [6.45, 7) is 6.56. The summed E-state index contributed by atoms with van der Waals surface area (Å²) in [6, 6.07) is 0. The van der Waals surface area contributed by atoms with Crippen LogP contribution in [0.5, 0.6) is 0 Å². The molecular weight excluding hydrogens is 949 g/mol. The van der Waals surface area contributed by atoms with Gasteiger partial charge in [0.1, 0.15) is 13.2 Å². The minimum Gasteiger partial charge on any atom is -0.462 e. The van der Waals surface area contributed by atoms with E-state index >= 15 is 0 Å². The Bertz CT molecular complexity index is 1420. The van der Waals surface area contributed by atoms with Crippen molar-refractivity contribution in [1.82, 2.24) is 0 Å². The molecule has 6 nitrogen and oxygen atoms in total. The van der Waals surface area contributed by atoms with Gasteiger partial charge in [0.15, 0.2) is 6.10 Å². The molecule has 77 heavy (non-hydrogen) atoms. The number of ether oxygens (including phenoxy) is 3. The Morgan fingerprint density at radius 1 is 0.273 bits per heavy atom. The van der Waals surface area contributed by atoms with Crippen molar-refractivity contribution in [3.8, 4) is 0 Å². The van der Waals surface area contributed by atoms with Crippen LogP contribution >= 0.6 is 0 Å². The molecule has 0 aliphatic carbocycles. The average Bonchev–Trinajstić information content (AvgIpc) is 3.43. The van der Waals surface area contributed by atoms with E-state index in [-0.39, 0.29) is 31.1 Å². The van der Waals surface area contributed by atoms with E-state index in [0.29, 0.717) is 19.3 Å². The number of unbranched alkanes of at least 4 members (excludes halogenated alkanes) is 38. The molecule has 0 bridgehead atoms. The SMILES string of the molecule is CC/C=C\C/C=C\C/C=C\C/C=C\CCCCCCCCC(=O)OC(COC(=O)CCCCCCCCCCC/C=C\C/C=C\CCCCCCC)COC(=O)CCCCCCCCCCCCCCCCCCCCC. The summed E-state index contributed by atoms with van der Waals surface area (Å²) in [5, 5.41) is 0. The van der Waals surface area contributed by atoms with Crippen LogP contribution in [0, 0.1) is 0 Å². The molecule has 0 radical (unpaired) electrons. The quantitative estimate of drug-likeness (QED) is 0.0261. The molecule has 0 heterocycles. The third-order valence-corrected chi connectivity index (χ3v) is 14.7. The lowest BCUT2D eigenvalue weighted by atomic mass is 10.0. The zero-order valence-electron chi connectivity index (χ0n) is 51.2. The maximum atomic E-state index is 12.9. The van der Waals surface area contributed by atoms with Crippen molar-refractivity contribution in [2.24, 2.45) is 0 Å². The van der Waals surface area contributed by atoms with E-state index in [0.717, 1.165) is 103 Å². The summed E-state index contributed by atoms with van der Waals surface area (Å²) in [5.74, 6) is -0.878. The van der Waals surface area contributed by atoms with Crippen molar-refractivity contribution in [2.45, 2.75) is 348 Å². The van der Waals surface area contributed by atoms with Crippen molar-refractivity contribution in [1.29, 1.82) is 0 Å². The number of carbonyl (C=O) groups excluding carboxylic acids is 3. The third kappa shape index (κ3) is 63.6. The first kappa shape index (κ1) is 73.8. The van der Waals surface area contributed by atoms with Crippen molar-refractivity contribution in [3.05, 3.63) is 72.9 Å². The fourth-order valence-corrected chi connectivity index (χ4v) is 9.70. The summed E-state index contributed by atoms with van der Waals surface area (Å²) in [7, 11) is 0. The van der Waals surface area contributed by atoms with Gasteiger partial charge in [-0.2, -0.15) is 0 Å². The van der Waals surface area contributed by atoms with Crippen molar-refractivity contribution >= 4 is 17.9 Å². The second-order valence-corrected chi connectivity index (χ2v) is 22.4. The van der Waals surface area contributed by atoms with Gasteiger partial charge in [-0.05, 0) is 89.9 Å². The normalized spacial score (nSPS) is 12.5. The zero-order valence-corrected chi connectivity index (χ0v) is 51.2. The summed E-state index contributed by atoms with van der Waals surface area (Å²) < 4.78 is 17.0. The maximum absolute atomic E-state index is 12.9. The minimum absolute atomic E-state index is 0.0795. The van der Waals surface area contributed by atoms with Crippen molar-refractivity contribution < 1.29 is 28.6 Å². The summed E-state index contributed by atoms with van der Waals surface area (Å²) >= 11 is 0. The van der Waals surface area contributed by atoms with Crippen LogP contribution in [0.3, 0.4) is 0 Å². The molecule has 0 rings (SSSR count). The highest BCUT2D eigenvalue weighted by molar-refractivity contribution is 5.71. The summed E-state index contributed by atoms with van der Waals surface area (Å²) in [6.07, 6.45) is 84.8. The number of hydrogen-bond acceptors (Lipinski definition) is 6. The van der Waals surface area contributed by atoms with Gasteiger partial charge in [0.25, 0.3) is 0 Å². The van der Waals surface area contributed by atoms with Crippen LogP contribution in [0.15, 0.2) is 72.9 Å². The molecule has 0 aromatic heterocycles. The molecule has 0 aromatic rings. The Morgan fingerprint density at radius 2 is 0.506 bits per heavy atom. The van der Waals surface area contributed by atoms with E-state index in [2.05, 4.69) is 93.7 Å². The van der Waals surface area contributed by atoms with Crippen LogP contribution in [-0.4, -0.2) is 37.2 Å². The highest BCUT2D eigenvalue weighted by Gasteiger charge is 2.19. The van der Waals surface area contributed by atoms with Crippen molar-refractivity contribution in [2.75, 3.05) is 13.2 Å². The number of rotatable bonds is 61. The Labute approximate surface area is 478 Å². The van der Waals surface area contributed by atoms with Crippen LogP contribution in [0.2, 0.25) is 0 Å². The van der Waals surface area contributed by atoms with Crippen LogP contribution in [0.4, 0.5) is 0 Å². The van der Waals surface area contributed by atoms with Gasteiger partial charge in [-0.15, -0.1) is 0 Å². The Balaban J connectivity index is 4.38. The molecule has 0 N–H and O–H groups in total. The van der Waals surface area contributed by atoms with Crippen LogP contribution in [0.1, 0.15) is 342 Å². The topological polar surface area (TPSA) is 78.9 Å². The molecule has 0 saturated carbocycles. The lowest BCUT2D eigenvalue weighted by Crippen LogP contribution is -2.30. The second kappa shape index (κ2) is 65.4. The van der Waals surface area contributed by atoms with E-state index < -0.39 is 6.10 Å². The molecule has 6 heteroatoms. The van der Waals surface area contributed by atoms with Crippen molar-refractivity contribution in [3.63, 3.8) is 0 Å². The van der Waals surface area contributed by atoms with E-state index in [9.17, 15) is 14.4 Å². The molecular formula is C71H126O6. The van der Waals surface area contributed by atoms with Gasteiger partial charge in [-0.3, -0.25) is 14.4 Å². The third-order valence-electron chi connectivity index (χ3n) is 14.7. The van der Waals surface area contributed by atoms with Crippen LogP contribution in [0.25, 0.3) is 0 Å².